The summed E-state index contributed by atoms with van der Waals surface area (Å²) in [5.74, 6) is -0.233. The van der Waals surface area contributed by atoms with Gasteiger partial charge in [0.2, 0.25) is 5.91 Å². The zero-order valence-electron chi connectivity index (χ0n) is 24.8. The molecule has 43 heavy (non-hydrogen) atoms. The summed E-state index contributed by atoms with van der Waals surface area (Å²) in [5.41, 5.74) is 6.93. The van der Waals surface area contributed by atoms with Crippen LogP contribution in [0.5, 0.6) is 5.75 Å². The van der Waals surface area contributed by atoms with Gasteiger partial charge in [0.1, 0.15) is 35.6 Å². The average Bonchev–Trinajstić information content (AvgIpc) is 3.62. The highest BCUT2D eigenvalue weighted by Gasteiger charge is 2.29. The Morgan fingerprint density at radius 2 is 1.98 bits per heavy atom. The maximum absolute atomic E-state index is 13.4. The Balaban J connectivity index is 1.30. The van der Waals surface area contributed by atoms with Crippen molar-refractivity contribution in [1.29, 1.82) is 0 Å². The van der Waals surface area contributed by atoms with Crippen LogP contribution in [0.2, 0.25) is 0 Å². The molecule has 0 unspecified atom stereocenters. The van der Waals surface area contributed by atoms with Gasteiger partial charge >= 0.3 is 5.97 Å². The molecular weight excluding hydrogens is 548 g/mol. The lowest BCUT2D eigenvalue weighted by Crippen LogP contribution is -2.35. The quantitative estimate of drug-likeness (QED) is 0.232. The molecule has 0 aliphatic carbocycles. The molecule has 3 N–H and O–H groups in total. The number of benzene rings is 2. The third-order valence-corrected chi connectivity index (χ3v) is 7.60. The van der Waals surface area contributed by atoms with Gasteiger partial charge in [-0.2, -0.15) is 0 Å². The number of amides is 1. The first-order valence-corrected chi connectivity index (χ1v) is 14.7. The Kier molecular flexibility index (Phi) is 8.89. The summed E-state index contributed by atoms with van der Waals surface area (Å²) in [6.45, 7) is 6.66. The zero-order chi connectivity index (χ0) is 30.6. The van der Waals surface area contributed by atoms with E-state index in [0.717, 1.165) is 52.8 Å². The normalized spacial score (nSPS) is 16.0. The minimum absolute atomic E-state index is 0.0218. The summed E-state index contributed by atoms with van der Waals surface area (Å²) in [6.07, 6.45) is 5.39. The summed E-state index contributed by atoms with van der Waals surface area (Å²) in [5, 5.41) is 1.89. The molecule has 1 amide bonds. The molecule has 4 aromatic rings. The fourth-order valence-corrected chi connectivity index (χ4v) is 5.59. The van der Waals surface area contributed by atoms with Crippen LogP contribution in [0.15, 0.2) is 49.1 Å². The number of H-pyrrole nitrogens is 1. The number of ether oxygens (including phenoxy) is 2. The number of nitrogens with zero attached hydrogens (tertiary/aromatic N) is 4. The maximum Gasteiger partial charge on any atom is 0.307 e. The molecule has 0 bridgehead atoms. The number of fused-ring (bicyclic) bond motifs is 2. The number of nitrogens with one attached hydrogen (secondary N) is 1. The molecule has 2 aromatic heterocycles. The number of aromatic amines is 1. The first-order chi connectivity index (χ1) is 20.6. The lowest BCUT2D eigenvalue weighted by Gasteiger charge is -2.26. The van der Waals surface area contributed by atoms with Crippen LogP contribution >= 0.6 is 0 Å². The van der Waals surface area contributed by atoms with Crippen LogP contribution in [0.25, 0.3) is 21.9 Å². The topological polar surface area (TPSA) is 153 Å². The van der Waals surface area contributed by atoms with Crippen molar-refractivity contribution in [2.45, 2.75) is 70.9 Å². The van der Waals surface area contributed by atoms with Crippen molar-refractivity contribution in [3.05, 3.63) is 54.6 Å². The monoisotopic (exact) mass is 586 g/mol. The summed E-state index contributed by atoms with van der Waals surface area (Å²) < 4.78 is 11.8. The summed E-state index contributed by atoms with van der Waals surface area (Å²) >= 11 is 0. The van der Waals surface area contributed by atoms with Crippen LogP contribution in [0, 0.1) is 5.92 Å². The van der Waals surface area contributed by atoms with E-state index in [4.69, 9.17) is 15.2 Å². The van der Waals surface area contributed by atoms with Gasteiger partial charge in [-0.1, -0.05) is 24.3 Å². The number of primary amides is 1. The van der Waals surface area contributed by atoms with Crippen LogP contribution < -0.4 is 15.4 Å². The van der Waals surface area contributed by atoms with E-state index in [-0.39, 0.29) is 37.5 Å². The number of anilines is 1. The van der Waals surface area contributed by atoms with Gasteiger partial charge < -0.3 is 25.1 Å². The van der Waals surface area contributed by atoms with E-state index in [1.807, 2.05) is 36.4 Å². The van der Waals surface area contributed by atoms with Crippen molar-refractivity contribution in [3.8, 4) is 5.75 Å². The van der Waals surface area contributed by atoms with E-state index in [2.05, 4.69) is 24.8 Å². The molecule has 0 saturated carbocycles. The Hall–Kier alpha value is -4.54. The van der Waals surface area contributed by atoms with E-state index in [1.165, 1.54) is 6.33 Å². The number of carbonyl (C=O) groups is 3. The fraction of sp³-hybridized carbons (Fsp3) is 0.438. The van der Waals surface area contributed by atoms with E-state index in [9.17, 15) is 14.4 Å². The third-order valence-electron chi connectivity index (χ3n) is 7.60. The molecule has 2 atom stereocenters. The highest BCUT2D eigenvalue weighted by Crippen LogP contribution is 2.31. The minimum Gasteiger partial charge on any atom is -0.491 e. The summed E-state index contributed by atoms with van der Waals surface area (Å²) in [7, 11) is 0. The van der Waals surface area contributed by atoms with E-state index in [1.54, 1.807) is 27.1 Å². The van der Waals surface area contributed by atoms with Crippen molar-refractivity contribution in [3.63, 3.8) is 0 Å². The second-order valence-corrected chi connectivity index (χ2v) is 12.0. The maximum atomic E-state index is 13.4. The van der Waals surface area contributed by atoms with E-state index >= 15 is 0 Å². The average molecular weight is 587 g/mol. The SMILES string of the molecule is CC(C)(C)OC(=O)C[C@@H](CCC(N)=O)C(=O)Cc1ccc2cccc(OC[C@H]3CCCN3c3ncnc4nc[nH]c34)c2c1. The Morgan fingerprint density at radius 1 is 1.14 bits per heavy atom. The largest absolute Gasteiger partial charge is 0.491 e. The van der Waals surface area contributed by atoms with E-state index < -0.39 is 23.4 Å². The number of imidazole rings is 1. The van der Waals surface area contributed by atoms with Crippen molar-refractivity contribution >= 4 is 45.4 Å². The number of ketones is 1. The van der Waals surface area contributed by atoms with Crippen molar-refractivity contribution in [2.75, 3.05) is 18.1 Å². The molecule has 2 aromatic carbocycles. The van der Waals surface area contributed by atoms with Gasteiger partial charge in [-0.25, -0.2) is 15.0 Å². The molecule has 1 aliphatic heterocycles. The smallest absolute Gasteiger partial charge is 0.307 e. The minimum atomic E-state index is -0.668. The first kappa shape index (κ1) is 29.9. The number of aromatic nitrogens is 4. The number of hydrogen-bond donors (Lipinski definition) is 2. The van der Waals surface area contributed by atoms with Gasteiger partial charge in [0, 0.05) is 30.7 Å². The summed E-state index contributed by atoms with van der Waals surface area (Å²) in [6, 6.07) is 11.9. The van der Waals surface area contributed by atoms with Crippen molar-refractivity contribution < 1.29 is 23.9 Å². The van der Waals surface area contributed by atoms with Gasteiger partial charge in [0.05, 0.1) is 18.8 Å². The molecule has 0 spiro atoms. The molecule has 0 radical (unpaired) electrons. The Labute approximate surface area is 250 Å². The van der Waals surface area contributed by atoms with Gasteiger partial charge in [-0.3, -0.25) is 14.4 Å². The number of esters is 1. The highest BCUT2D eigenvalue weighted by atomic mass is 16.6. The van der Waals surface area contributed by atoms with Crippen LogP contribution in [0.3, 0.4) is 0 Å². The number of Topliss-reactive ketones (excluding diaryl/α,β-unsaturated/α-hetero) is 1. The molecule has 3 heterocycles. The first-order valence-electron chi connectivity index (χ1n) is 14.7. The summed E-state index contributed by atoms with van der Waals surface area (Å²) in [4.78, 5) is 55.8. The fourth-order valence-electron chi connectivity index (χ4n) is 5.59. The zero-order valence-corrected chi connectivity index (χ0v) is 24.8. The van der Waals surface area contributed by atoms with Crippen molar-refractivity contribution in [1.82, 2.24) is 19.9 Å². The second kappa shape index (κ2) is 12.8. The highest BCUT2D eigenvalue weighted by molar-refractivity contribution is 5.92. The number of hydrogen-bond acceptors (Lipinski definition) is 9. The third kappa shape index (κ3) is 7.46. The number of carbonyl (C=O) groups excluding carboxylic acids is 3. The number of nitrogens with two attached hydrogens (primary N) is 1. The molecular formula is C32H38N6O5. The van der Waals surface area contributed by atoms with Crippen LogP contribution in [0.1, 0.15) is 58.4 Å². The second-order valence-electron chi connectivity index (χ2n) is 12.0. The van der Waals surface area contributed by atoms with Gasteiger partial charge in [0.15, 0.2) is 11.5 Å². The molecule has 1 saturated heterocycles. The predicted octanol–water partition coefficient (Wildman–Crippen LogP) is 4.28. The van der Waals surface area contributed by atoms with Gasteiger partial charge in [0.25, 0.3) is 0 Å². The lowest BCUT2D eigenvalue weighted by atomic mass is 9.90. The number of rotatable bonds is 12. The predicted molar refractivity (Wildman–Crippen MR) is 163 cm³/mol. The molecule has 1 aliphatic rings. The molecule has 1 fully saturated rings. The van der Waals surface area contributed by atoms with E-state index in [0.29, 0.717) is 12.3 Å². The molecule has 226 valence electrons. The molecule has 11 heteroatoms. The van der Waals surface area contributed by atoms with Crippen LogP contribution in [-0.4, -0.2) is 62.4 Å². The van der Waals surface area contributed by atoms with Crippen molar-refractivity contribution in [2.24, 2.45) is 11.7 Å². The Bertz CT molecular complexity index is 1630. The standard InChI is InChI=1S/C32H38N6O5/c1-32(2,3)43-28(41)16-22(11-12-27(33)40)25(39)15-20-9-10-21-6-4-8-26(24(21)14-20)42-17-23-7-5-13-38(23)31-29-30(35-18-34-29)36-19-37-31/h4,6,8-10,14,18-19,22-23H,5,7,11-13,15-17H2,1-3H3,(H2,33,40)(H,34,35,36,37)/t22-,23-/m1/s1. The van der Waals surface area contributed by atoms with Crippen LogP contribution in [-0.2, 0) is 25.5 Å². The molecule has 5 rings (SSSR count). The van der Waals surface area contributed by atoms with Crippen LogP contribution in [0.4, 0.5) is 5.82 Å². The van der Waals surface area contributed by atoms with Gasteiger partial charge in [-0.15, -0.1) is 0 Å². The van der Waals surface area contributed by atoms with Gasteiger partial charge in [-0.05, 0) is 63.1 Å². The lowest BCUT2D eigenvalue weighted by molar-refractivity contribution is -0.157. The Morgan fingerprint density at radius 3 is 2.77 bits per heavy atom. The molecule has 11 nitrogen and oxygen atoms in total.